The van der Waals surface area contributed by atoms with Gasteiger partial charge in [0.25, 0.3) is 0 Å². The molecule has 0 aromatic carbocycles. The van der Waals surface area contributed by atoms with Crippen LogP contribution in [0.4, 0.5) is 0 Å². The zero-order valence-electron chi connectivity index (χ0n) is 12.9. The average Bonchev–Trinajstić information content (AvgIpc) is 2.38. The molecule has 0 aliphatic rings. The quantitative estimate of drug-likeness (QED) is 0.343. The van der Waals surface area contributed by atoms with E-state index < -0.39 is 11.9 Å². The fourth-order valence-electron chi connectivity index (χ4n) is 1.38. The third-order valence-corrected chi connectivity index (χ3v) is 2.46. The minimum Gasteiger partial charge on any atom is -0.545 e. The van der Waals surface area contributed by atoms with Gasteiger partial charge < -0.3 is 19.8 Å². The summed E-state index contributed by atoms with van der Waals surface area (Å²) in [5.41, 5.74) is 0. The van der Waals surface area contributed by atoms with Gasteiger partial charge in [-0.05, 0) is 37.8 Å². The van der Waals surface area contributed by atoms with Gasteiger partial charge >= 0.3 is 17.1 Å². The SMILES string of the molecule is CCCCCC=CC(=O)[O-].CCCCCC=CC(=O)[O-].[Cu+2]. The summed E-state index contributed by atoms with van der Waals surface area (Å²) in [7, 11) is 0. The maximum Gasteiger partial charge on any atom is 2.00 e. The normalized spacial score (nSPS) is 10.0. The summed E-state index contributed by atoms with van der Waals surface area (Å²) in [5.74, 6) is -2.20. The van der Waals surface area contributed by atoms with Gasteiger partial charge in [-0.3, -0.25) is 0 Å². The van der Waals surface area contributed by atoms with Crippen LogP contribution in [-0.2, 0) is 26.7 Å². The van der Waals surface area contributed by atoms with Gasteiger partial charge in [0.05, 0.1) is 11.9 Å². The van der Waals surface area contributed by atoms with Crippen molar-refractivity contribution >= 4 is 11.9 Å². The van der Waals surface area contributed by atoms with E-state index in [4.69, 9.17) is 0 Å². The maximum absolute atomic E-state index is 9.83. The standard InChI is InChI=1S/2C8H14O2.Cu/c2*1-2-3-4-5-6-7-8(9)10;/h2*6-7H,2-5H2,1H3,(H,9,10);/q;;+2/p-2. The van der Waals surface area contributed by atoms with Crippen molar-refractivity contribution in [1.29, 1.82) is 0 Å². The Labute approximate surface area is 138 Å². The van der Waals surface area contributed by atoms with E-state index in [-0.39, 0.29) is 17.1 Å². The number of hydrogen-bond donors (Lipinski definition) is 0. The monoisotopic (exact) mass is 345 g/mol. The van der Waals surface area contributed by atoms with Crippen molar-refractivity contribution < 1.29 is 36.9 Å². The Morgan fingerprint density at radius 2 is 1.10 bits per heavy atom. The Morgan fingerprint density at radius 1 is 0.762 bits per heavy atom. The molecule has 0 unspecified atom stereocenters. The van der Waals surface area contributed by atoms with Gasteiger partial charge in [-0.2, -0.15) is 0 Å². The first-order valence-electron chi connectivity index (χ1n) is 7.29. The van der Waals surface area contributed by atoms with E-state index >= 15 is 0 Å². The molecule has 4 nitrogen and oxygen atoms in total. The predicted octanol–water partition coefficient (Wildman–Crippen LogP) is 1.74. The Kier molecular flexibility index (Phi) is 25.2. The fraction of sp³-hybridized carbons (Fsp3) is 0.625. The van der Waals surface area contributed by atoms with Crippen LogP contribution >= 0.6 is 0 Å². The number of carbonyl (C=O) groups excluding carboxylic acids is 2. The Bertz CT molecular complexity index is 269. The van der Waals surface area contributed by atoms with Crippen molar-refractivity contribution in [2.75, 3.05) is 0 Å². The van der Waals surface area contributed by atoms with E-state index in [2.05, 4.69) is 13.8 Å². The summed E-state index contributed by atoms with van der Waals surface area (Å²) in [5, 5.41) is 19.7. The van der Waals surface area contributed by atoms with Crippen molar-refractivity contribution in [2.24, 2.45) is 0 Å². The van der Waals surface area contributed by atoms with Gasteiger partial charge in [0, 0.05) is 0 Å². The first kappa shape index (κ1) is 24.9. The van der Waals surface area contributed by atoms with E-state index in [1.807, 2.05) is 0 Å². The van der Waals surface area contributed by atoms with Gasteiger partial charge in [0.2, 0.25) is 0 Å². The molecule has 1 radical (unpaired) electrons. The summed E-state index contributed by atoms with van der Waals surface area (Å²) in [6, 6.07) is 0. The number of allylic oxidation sites excluding steroid dienone is 2. The molecule has 0 aliphatic carbocycles. The second-order valence-corrected chi connectivity index (χ2v) is 4.43. The van der Waals surface area contributed by atoms with Crippen molar-refractivity contribution in [3.05, 3.63) is 24.3 Å². The number of carboxylic acid groups (broad SMARTS) is 2. The van der Waals surface area contributed by atoms with Gasteiger partial charge in [0.15, 0.2) is 0 Å². The first-order valence-corrected chi connectivity index (χ1v) is 7.29. The number of hydrogen-bond acceptors (Lipinski definition) is 4. The molecule has 0 aliphatic heterocycles. The topological polar surface area (TPSA) is 80.3 Å². The zero-order valence-corrected chi connectivity index (χ0v) is 13.8. The van der Waals surface area contributed by atoms with Crippen LogP contribution in [0.15, 0.2) is 24.3 Å². The van der Waals surface area contributed by atoms with Crippen molar-refractivity contribution in [3.63, 3.8) is 0 Å². The van der Waals surface area contributed by atoms with Crippen LogP contribution < -0.4 is 10.2 Å². The van der Waals surface area contributed by atoms with Gasteiger partial charge in [0.1, 0.15) is 0 Å². The Morgan fingerprint density at radius 3 is 1.33 bits per heavy atom. The van der Waals surface area contributed by atoms with Crippen LogP contribution in [0.2, 0.25) is 0 Å². The molecule has 0 atom stereocenters. The molecular formula is C16H26CuO4. The molecule has 0 saturated heterocycles. The molecule has 0 heterocycles. The van der Waals surface area contributed by atoms with E-state index in [1.54, 1.807) is 12.2 Å². The summed E-state index contributed by atoms with van der Waals surface area (Å²) in [6.45, 7) is 4.23. The van der Waals surface area contributed by atoms with Crippen LogP contribution in [0.1, 0.15) is 65.2 Å². The molecule has 0 spiro atoms. The molecule has 0 N–H and O–H groups in total. The smallest absolute Gasteiger partial charge is 0.545 e. The molecule has 5 heteroatoms. The van der Waals surface area contributed by atoms with E-state index in [9.17, 15) is 19.8 Å². The molecule has 125 valence electrons. The summed E-state index contributed by atoms with van der Waals surface area (Å²) in [4.78, 5) is 19.7. The molecule has 0 fully saturated rings. The van der Waals surface area contributed by atoms with Crippen LogP contribution in [0.25, 0.3) is 0 Å². The number of carboxylic acids is 2. The average molecular weight is 346 g/mol. The molecule has 21 heavy (non-hydrogen) atoms. The molecule has 0 aromatic rings. The molecule has 0 aromatic heterocycles. The molecule has 0 amide bonds. The van der Waals surface area contributed by atoms with Crippen LogP contribution in [0.3, 0.4) is 0 Å². The van der Waals surface area contributed by atoms with E-state index in [1.165, 1.54) is 12.8 Å². The van der Waals surface area contributed by atoms with Crippen molar-refractivity contribution in [1.82, 2.24) is 0 Å². The van der Waals surface area contributed by atoms with Crippen LogP contribution in [0.5, 0.6) is 0 Å². The molecular weight excluding hydrogens is 320 g/mol. The van der Waals surface area contributed by atoms with Crippen molar-refractivity contribution in [2.45, 2.75) is 65.2 Å². The minimum absolute atomic E-state index is 0. The largest absolute Gasteiger partial charge is 2.00 e. The maximum atomic E-state index is 9.83. The van der Waals surface area contributed by atoms with E-state index in [0.29, 0.717) is 0 Å². The van der Waals surface area contributed by atoms with Gasteiger partial charge in [-0.25, -0.2) is 0 Å². The fourth-order valence-corrected chi connectivity index (χ4v) is 1.38. The first-order chi connectivity index (χ1) is 9.54. The second kappa shape index (κ2) is 21.2. The number of aliphatic carboxylic acids is 2. The predicted molar refractivity (Wildman–Crippen MR) is 76.6 cm³/mol. The summed E-state index contributed by atoms with van der Waals surface area (Å²) >= 11 is 0. The Hall–Kier alpha value is -1.06. The minimum atomic E-state index is -1.10. The number of unbranched alkanes of at least 4 members (excludes halogenated alkanes) is 6. The molecule has 0 saturated carbocycles. The van der Waals surface area contributed by atoms with Crippen molar-refractivity contribution in [3.8, 4) is 0 Å². The third-order valence-electron chi connectivity index (χ3n) is 2.46. The molecule has 0 bridgehead atoms. The number of rotatable bonds is 10. The molecule has 0 rings (SSSR count). The number of carbonyl (C=O) groups is 2. The third kappa shape index (κ3) is 32.5. The van der Waals surface area contributed by atoms with Gasteiger partial charge in [-0.1, -0.05) is 51.7 Å². The van der Waals surface area contributed by atoms with Crippen LogP contribution in [-0.4, -0.2) is 11.9 Å². The summed E-state index contributed by atoms with van der Waals surface area (Å²) < 4.78 is 0. The van der Waals surface area contributed by atoms with Crippen LogP contribution in [0, 0.1) is 0 Å². The van der Waals surface area contributed by atoms with E-state index in [0.717, 1.165) is 50.7 Å². The second-order valence-electron chi connectivity index (χ2n) is 4.43. The summed E-state index contributed by atoms with van der Waals surface area (Å²) in [6.07, 6.45) is 14.0. The van der Waals surface area contributed by atoms with Gasteiger partial charge in [-0.15, -0.1) is 0 Å². The zero-order chi connectivity index (χ0) is 15.6. The Balaban J connectivity index is -0.000000295.